The zero-order chi connectivity index (χ0) is 28.6. The minimum atomic E-state index is -4.18. The van der Waals surface area contributed by atoms with Gasteiger partial charge in [0.05, 0.1) is 17.2 Å². The fourth-order valence-electron chi connectivity index (χ4n) is 3.95. The van der Waals surface area contributed by atoms with E-state index in [1.165, 1.54) is 17.0 Å². The molecule has 1 atom stereocenters. The van der Waals surface area contributed by atoms with E-state index >= 15 is 0 Å². The van der Waals surface area contributed by atoms with Gasteiger partial charge in [-0.1, -0.05) is 54.1 Å². The van der Waals surface area contributed by atoms with Crippen LogP contribution in [0.2, 0.25) is 5.02 Å². The number of rotatable bonds is 12. The zero-order valence-electron chi connectivity index (χ0n) is 22.5. The summed E-state index contributed by atoms with van der Waals surface area (Å²) < 4.78 is 34.6. The number of carbonyl (C=O) groups is 2. The van der Waals surface area contributed by atoms with Gasteiger partial charge in [0.1, 0.15) is 18.3 Å². The number of para-hydroxylation sites is 2. The Labute approximate surface area is 235 Å². The van der Waals surface area contributed by atoms with E-state index < -0.39 is 28.5 Å². The van der Waals surface area contributed by atoms with E-state index in [2.05, 4.69) is 5.32 Å². The Morgan fingerprint density at radius 3 is 2.15 bits per heavy atom. The molecule has 3 aromatic rings. The minimum Gasteiger partial charge on any atom is -0.492 e. The molecule has 208 valence electrons. The second-order valence-corrected chi connectivity index (χ2v) is 11.5. The van der Waals surface area contributed by atoms with Crippen molar-refractivity contribution in [3.8, 4) is 5.75 Å². The summed E-state index contributed by atoms with van der Waals surface area (Å²) in [5, 5.41) is 3.37. The van der Waals surface area contributed by atoms with Crippen LogP contribution in [0.1, 0.15) is 33.3 Å². The Hall–Kier alpha value is -3.56. The van der Waals surface area contributed by atoms with Crippen molar-refractivity contribution in [3.05, 3.63) is 89.4 Å². The van der Waals surface area contributed by atoms with Crippen LogP contribution < -0.4 is 14.4 Å². The summed E-state index contributed by atoms with van der Waals surface area (Å²) in [4.78, 5) is 28.3. The van der Waals surface area contributed by atoms with E-state index in [0.717, 1.165) is 9.87 Å². The quantitative estimate of drug-likeness (QED) is 0.334. The van der Waals surface area contributed by atoms with Gasteiger partial charge < -0.3 is 15.0 Å². The second-order valence-electron chi connectivity index (χ2n) is 9.21. The minimum absolute atomic E-state index is 0.0268. The van der Waals surface area contributed by atoms with Gasteiger partial charge in [-0.25, -0.2) is 8.42 Å². The molecule has 0 aromatic heterocycles. The van der Waals surface area contributed by atoms with Gasteiger partial charge in [0.25, 0.3) is 10.0 Å². The fourth-order valence-corrected chi connectivity index (χ4v) is 5.52. The predicted octanol–water partition coefficient (Wildman–Crippen LogP) is 4.88. The van der Waals surface area contributed by atoms with Crippen LogP contribution in [0.5, 0.6) is 5.75 Å². The van der Waals surface area contributed by atoms with Gasteiger partial charge in [-0.2, -0.15) is 0 Å². The van der Waals surface area contributed by atoms with Gasteiger partial charge in [-0.15, -0.1) is 0 Å². The Morgan fingerprint density at radius 2 is 1.54 bits per heavy atom. The topological polar surface area (TPSA) is 96.0 Å². The summed E-state index contributed by atoms with van der Waals surface area (Å²) in [5.74, 6) is -0.580. The van der Waals surface area contributed by atoms with Gasteiger partial charge in [-0.05, 0) is 69.7 Å². The number of hydrogen-bond donors (Lipinski definition) is 1. The third-order valence-corrected chi connectivity index (χ3v) is 7.93. The lowest BCUT2D eigenvalue weighted by Crippen LogP contribution is -2.52. The van der Waals surface area contributed by atoms with Crippen LogP contribution in [-0.4, -0.2) is 50.4 Å². The smallest absolute Gasteiger partial charge is 0.264 e. The highest BCUT2D eigenvalue weighted by molar-refractivity contribution is 7.92. The van der Waals surface area contributed by atoms with Crippen molar-refractivity contribution in [2.75, 3.05) is 17.5 Å². The van der Waals surface area contributed by atoms with E-state index in [9.17, 15) is 18.0 Å². The summed E-state index contributed by atoms with van der Waals surface area (Å²) in [6, 6.07) is 20.5. The molecule has 0 bridgehead atoms. The lowest BCUT2D eigenvalue weighted by Gasteiger charge is -2.32. The van der Waals surface area contributed by atoms with Gasteiger partial charge in [-0.3, -0.25) is 13.9 Å². The first-order chi connectivity index (χ1) is 18.5. The third-order valence-electron chi connectivity index (χ3n) is 5.91. The largest absolute Gasteiger partial charge is 0.492 e. The van der Waals surface area contributed by atoms with E-state index in [0.29, 0.717) is 17.4 Å². The molecular formula is C29H34ClN3O5S. The predicted molar refractivity (Wildman–Crippen MR) is 153 cm³/mol. The average Bonchev–Trinajstić information content (AvgIpc) is 2.91. The van der Waals surface area contributed by atoms with Crippen molar-refractivity contribution in [2.45, 2.75) is 51.2 Å². The number of nitrogens with zero attached hydrogens (tertiary/aromatic N) is 2. The first-order valence-electron chi connectivity index (χ1n) is 12.7. The van der Waals surface area contributed by atoms with Crippen LogP contribution in [0, 0.1) is 0 Å². The summed E-state index contributed by atoms with van der Waals surface area (Å²) in [6.07, 6.45) is 0. The number of nitrogens with one attached hydrogen (secondary N) is 1. The molecule has 1 N–H and O–H groups in total. The molecular weight excluding hydrogens is 538 g/mol. The molecule has 1 unspecified atom stereocenters. The standard InChI is InChI=1S/C29H34ClN3O5S/c1-5-38-27-14-10-9-13-26(27)33(39(36,37)25-11-7-6-8-12-25)20-28(34)32(22(4)29(35)31-21(2)3)19-23-15-17-24(30)18-16-23/h6-18,21-22H,5,19-20H2,1-4H3,(H,31,35). The lowest BCUT2D eigenvalue weighted by molar-refractivity contribution is -0.139. The number of benzene rings is 3. The molecule has 2 amide bonds. The van der Waals surface area contributed by atoms with E-state index in [1.807, 2.05) is 13.8 Å². The molecule has 0 spiro atoms. The Bertz CT molecular complexity index is 1370. The van der Waals surface area contributed by atoms with E-state index in [-0.39, 0.29) is 29.1 Å². The maximum Gasteiger partial charge on any atom is 0.264 e. The number of amides is 2. The molecule has 0 heterocycles. The van der Waals surface area contributed by atoms with Crippen molar-refractivity contribution in [1.82, 2.24) is 10.2 Å². The van der Waals surface area contributed by atoms with Crippen LogP contribution in [-0.2, 0) is 26.2 Å². The van der Waals surface area contributed by atoms with Crippen molar-refractivity contribution in [3.63, 3.8) is 0 Å². The van der Waals surface area contributed by atoms with Crippen molar-refractivity contribution in [1.29, 1.82) is 0 Å². The van der Waals surface area contributed by atoms with Gasteiger partial charge >= 0.3 is 0 Å². The third kappa shape index (κ3) is 7.74. The highest BCUT2D eigenvalue weighted by Gasteiger charge is 2.33. The molecule has 0 aliphatic carbocycles. The summed E-state index contributed by atoms with van der Waals surface area (Å²) in [5.41, 5.74) is 0.964. The highest BCUT2D eigenvalue weighted by atomic mass is 35.5. The fraction of sp³-hybridized carbons (Fsp3) is 0.310. The Kier molecular flexibility index (Phi) is 10.4. The van der Waals surface area contributed by atoms with Crippen LogP contribution in [0.25, 0.3) is 0 Å². The van der Waals surface area contributed by atoms with Crippen LogP contribution in [0.15, 0.2) is 83.8 Å². The van der Waals surface area contributed by atoms with Gasteiger partial charge in [0, 0.05) is 17.6 Å². The zero-order valence-corrected chi connectivity index (χ0v) is 24.1. The monoisotopic (exact) mass is 571 g/mol. The van der Waals surface area contributed by atoms with Gasteiger partial charge in [0.15, 0.2) is 0 Å². The van der Waals surface area contributed by atoms with Crippen LogP contribution in [0.3, 0.4) is 0 Å². The number of carbonyl (C=O) groups excluding carboxylic acids is 2. The Morgan fingerprint density at radius 1 is 0.923 bits per heavy atom. The second kappa shape index (κ2) is 13.5. The van der Waals surface area contributed by atoms with Gasteiger partial charge in [0.2, 0.25) is 11.8 Å². The molecule has 0 fully saturated rings. The number of sulfonamides is 1. The number of anilines is 1. The van der Waals surface area contributed by atoms with Crippen LogP contribution >= 0.6 is 11.6 Å². The van der Waals surface area contributed by atoms with Crippen LogP contribution in [0.4, 0.5) is 5.69 Å². The maximum absolute atomic E-state index is 14.0. The number of ether oxygens (including phenoxy) is 1. The molecule has 0 saturated carbocycles. The number of halogens is 1. The van der Waals surface area contributed by atoms with Crippen molar-refractivity contribution < 1.29 is 22.7 Å². The Balaban J connectivity index is 2.06. The molecule has 0 saturated heterocycles. The average molecular weight is 572 g/mol. The maximum atomic E-state index is 14.0. The molecule has 3 aromatic carbocycles. The van der Waals surface area contributed by atoms with E-state index in [4.69, 9.17) is 16.3 Å². The first kappa shape index (κ1) is 30.0. The van der Waals surface area contributed by atoms with Crippen molar-refractivity contribution >= 4 is 39.1 Å². The SMILES string of the molecule is CCOc1ccccc1N(CC(=O)N(Cc1ccc(Cl)cc1)C(C)C(=O)NC(C)C)S(=O)(=O)c1ccccc1. The highest BCUT2D eigenvalue weighted by Crippen LogP contribution is 2.32. The lowest BCUT2D eigenvalue weighted by atomic mass is 10.1. The molecule has 10 heteroatoms. The van der Waals surface area contributed by atoms with E-state index in [1.54, 1.807) is 80.6 Å². The normalized spacial score (nSPS) is 12.1. The summed E-state index contributed by atoms with van der Waals surface area (Å²) in [6.45, 7) is 6.91. The molecule has 3 rings (SSSR count). The molecule has 39 heavy (non-hydrogen) atoms. The summed E-state index contributed by atoms with van der Waals surface area (Å²) in [7, 11) is -4.18. The molecule has 8 nitrogen and oxygen atoms in total. The number of hydrogen-bond acceptors (Lipinski definition) is 5. The molecule has 0 aliphatic rings. The molecule has 0 aliphatic heterocycles. The van der Waals surface area contributed by atoms with Crippen molar-refractivity contribution in [2.24, 2.45) is 0 Å². The summed E-state index contributed by atoms with van der Waals surface area (Å²) >= 11 is 6.04. The first-order valence-corrected chi connectivity index (χ1v) is 14.5. The molecule has 0 radical (unpaired) electrons.